The highest BCUT2D eigenvalue weighted by Gasteiger charge is 2.27. The van der Waals surface area contributed by atoms with Crippen LogP contribution in [0.5, 0.6) is 0 Å². The first-order valence-corrected chi connectivity index (χ1v) is 9.57. The summed E-state index contributed by atoms with van der Waals surface area (Å²) in [5, 5.41) is 9.03. The van der Waals surface area contributed by atoms with E-state index in [9.17, 15) is 9.59 Å². The third-order valence-corrected chi connectivity index (χ3v) is 4.15. The summed E-state index contributed by atoms with van der Waals surface area (Å²) in [7, 11) is 1.72. The largest absolute Gasteiger partial charge is 0.444 e. The Morgan fingerprint density at radius 3 is 2.45 bits per heavy atom. The molecular formula is C20H32IN5O3. The second-order valence-corrected chi connectivity index (χ2v) is 7.67. The maximum absolute atomic E-state index is 12.0. The molecule has 2 rings (SSSR count). The minimum atomic E-state index is -0.510. The van der Waals surface area contributed by atoms with Gasteiger partial charge in [-0.3, -0.25) is 9.79 Å². The molecule has 1 fully saturated rings. The van der Waals surface area contributed by atoms with Crippen molar-refractivity contribution in [3.63, 3.8) is 0 Å². The standard InChI is InChI=1S/C20H31N5O3.HI/c1-20(2,3)28-19(27)24-16-10-13-25(14-16)18(21-4)23-12-11-22-17(26)15-8-6-5-7-9-15;/h5-9,16H,10-14H2,1-4H3,(H,21,23)(H,22,26)(H,24,27);1H. The van der Waals surface area contributed by atoms with Crippen LogP contribution >= 0.6 is 24.0 Å². The average Bonchev–Trinajstić information content (AvgIpc) is 3.08. The Kier molecular flexibility index (Phi) is 10.2. The highest BCUT2D eigenvalue weighted by Crippen LogP contribution is 2.11. The van der Waals surface area contributed by atoms with Crippen LogP contribution in [0.4, 0.5) is 4.79 Å². The lowest BCUT2D eigenvalue weighted by Gasteiger charge is -2.23. The third-order valence-electron chi connectivity index (χ3n) is 4.15. The summed E-state index contributed by atoms with van der Waals surface area (Å²) in [5.41, 5.74) is 0.131. The number of carbonyl (C=O) groups excluding carboxylic acids is 2. The van der Waals surface area contributed by atoms with Crippen molar-refractivity contribution in [3.05, 3.63) is 35.9 Å². The Hall–Kier alpha value is -2.04. The Morgan fingerprint density at radius 1 is 1.17 bits per heavy atom. The average molecular weight is 517 g/mol. The van der Waals surface area contributed by atoms with E-state index in [4.69, 9.17) is 4.74 Å². The molecule has 0 spiro atoms. The van der Waals surface area contributed by atoms with Crippen LogP contribution in [0.1, 0.15) is 37.6 Å². The summed E-state index contributed by atoms with van der Waals surface area (Å²) in [6.07, 6.45) is 0.427. The van der Waals surface area contributed by atoms with Crippen molar-refractivity contribution in [2.45, 2.75) is 38.8 Å². The third kappa shape index (κ3) is 8.88. The van der Waals surface area contributed by atoms with Crippen LogP contribution in [0.15, 0.2) is 35.3 Å². The summed E-state index contributed by atoms with van der Waals surface area (Å²) >= 11 is 0. The minimum Gasteiger partial charge on any atom is -0.444 e. The van der Waals surface area contributed by atoms with Crippen LogP contribution < -0.4 is 16.0 Å². The molecular weight excluding hydrogens is 485 g/mol. The highest BCUT2D eigenvalue weighted by molar-refractivity contribution is 14.0. The van der Waals surface area contributed by atoms with Gasteiger partial charge in [0.25, 0.3) is 5.91 Å². The van der Waals surface area contributed by atoms with Gasteiger partial charge in [0.2, 0.25) is 0 Å². The highest BCUT2D eigenvalue weighted by atomic mass is 127. The van der Waals surface area contributed by atoms with Crippen molar-refractivity contribution >= 4 is 41.9 Å². The van der Waals surface area contributed by atoms with Gasteiger partial charge >= 0.3 is 6.09 Å². The molecule has 8 nitrogen and oxygen atoms in total. The van der Waals surface area contributed by atoms with E-state index in [1.165, 1.54) is 0 Å². The number of halogens is 1. The molecule has 0 aliphatic carbocycles. The van der Waals surface area contributed by atoms with Gasteiger partial charge in [-0.25, -0.2) is 4.79 Å². The fourth-order valence-electron chi connectivity index (χ4n) is 2.92. The van der Waals surface area contributed by atoms with Crippen molar-refractivity contribution < 1.29 is 14.3 Å². The van der Waals surface area contributed by atoms with E-state index in [1.54, 1.807) is 19.2 Å². The SMILES string of the molecule is CN=C(NCCNC(=O)c1ccccc1)N1CCC(NC(=O)OC(C)(C)C)C1.I. The second-order valence-electron chi connectivity index (χ2n) is 7.67. The number of ether oxygens (including phenoxy) is 1. The first kappa shape index (κ1) is 25.0. The number of carbonyl (C=O) groups is 2. The Bertz CT molecular complexity index is 691. The topological polar surface area (TPSA) is 95.1 Å². The van der Waals surface area contributed by atoms with Crippen LogP contribution in [0.3, 0.4) is 0 Å². The van der Waals surface area contributed by atoms with Crippen LogP contribution in [0.25, 0.3) is 0 Å². The molecule has 0 bridgehead atoms. The predicted octanol–water partition coefficient (Wildman–Crippen LogP) is 2.21. The number of nitrogens with zero attached hydrogens (tertiary/aromatic N) is 2. The van der Waals surface area contributed by atoms with Crippen molar-refractivity contribution in [2.24, 2.45) is 4.99 Å². The van der Waals surface area contributed by atoms with E-state index in [0.29, 0.717) is 25.2 Å². The smallest absolute Gasteiger partial charge is 0.407 e. The van der Waals surface area contributed by atoms with Gasteiger partial charge < -0.3 is 25.6 Å². The lowest BCUT2D eigenvalue weighted by Crippen LogP contribution is -2.45. The van der Waals surface area contributed by atoms with E-state index < -0.39 is 11.7 Å². The number of aliphatic imine (C=N–C) groups is 1. The molecule has 2 amide bonds. The minimum absolute atomic E-state index is 0. The van der Waals surface area contributed by atoms with Crippen molar-refractivity contribution in [3.8, 4) is 0 Å². The Morgan fingerprint density at radius 2 is 1.83 bits per heavy atom. The molecule has 1 aromatic rings. The number of likely N-dealkylation sites (tertiary alicyclic amines) is 1. The zero-order chi connectivity index (χ0) is 20.6. The summed E-state index contributed by atoms with van der Waals surface area (Å²) < 4.78 is 5.31. The molecule has 0 aromatic heterocycles. The van der Waals surface area contributed by atoms with Crippen LogP contribution in [-0.4, -0.2) is 67.7 Å². The fourth-order valence-corrected chi connectivity index (χ4v) is 2.92. The fraction of sp³-hybridized carbons (Fsp3) is 0.550. The van der Waals surface area contributed by atoms with Crippen molar-refractivity contribution in [1.82, 2.24) is 20.9 Å². The van der Waals surface area contributed by atoms with Gasteiger partial charge in [-0.1, -0.05) is 18.2 Å². The summed E-state index contributed by atoms with van der Waals surface area (Å²) in [5.74, 6) is 0.655. The lowest BCUT2D eigenvalue weighted by atomic mass is 10.2. The van der Waals surface area contributed by atoms with Gasteiger partial charge in [0, 0.05) is 38.8 Å². The van der Waals surface area contributed by atoms with Gasteiger partial charge in [-0.15, -0.1) is 24.0 Å². The molecule has 162 valence electrons. The van der Waals surface area contributed by atoms with Gasteiger partial charge in [-0.05, 0) is 39.3 Å². The summed E-state index contributed by atoms with van der Waals surface area (Å²) in [6, 6.07) is 9.14. The molecule has 9 heteroatoms. The predicted molar refractivity (Wildman–Crippen MR) is 125 cm³/mol. The molecule has 1 aliphatic heterocycles. The first-order chi connectivity index (χ1) is 13.3. The number of nitrogens with one attached hydrogen (secondary N) is 3. The number of hydrogen-bond acceptors (Lipinski definition) is 4. The number of hydrogen-bond donors (Lipinski definition) is 3. The van der Waals surface area contributed by atoms with E-state index in [2.05, 4.69) is 25.8 Å². The molecule has 29 heavy (non-hydrogen) atoms. The van der Waals surface area contributed by atoms with E-state index in [-0.39, 0.29) is 35.9 Å². The molecule has 3 N–H and O–H groups in total. The quantitative estimate of drug-likeness (QED) is 0.241. The molecule has 1 unspecified atom stereocenters. The summed E-state index contributed by atoms with van der Waals surface area (Å²) in [4.78, 5) is 30.3. The molecule has 0 saturated carbocycles. The van der Waals surface area contributed by atoms with E-state index in [1.807, 2.05) is 39.0 Å². The first-order valence-electron chi connectivity index (χ1n) is 9.57. The van der Waals surface area contributed by atoms with Crippen LogP contribution in [-0.2, 0) is 4.74 Å². The maximum atomic E-state index is 12.0. The zero-order valence-corrected chi connectivity index (χ0v) is 19.9. The maximum Gasteiger partial charge on any atom is 0.407 e. The molecule has 1 heterocycles. The number of guanidine groups is 1. The normalized spacial score (nSPS) is 16.6. The number of alkyl carbamates (subject to hydrolysis) is 1. The van der Waals surface area contributed by atoms with Crippen LogP contribution in [0.2, 0.25) is 0 Å². The van der Waals surface area contributed by atoms with Crippen LogP contribution in [0, 0.1) is 0 Å². The number of amides is 2. The monoisotopic (exact) mass is 517 g/mol. The summed E-state index contributed by atoms with van der Waals surface area (Å²) in [6.45, 7) is 8.03. The molecule has 1 saturated heterocycles. The molecule has 1 atom stereocenters. The van der Waals surface area contributed by atoms with Gasteiger partial charge in [0.15, 0.2) is 5.96 Å². The lowest BCUT2D eigenvalue weighted by molar-refractivity contribution is 0.0507. The Balaban J connectivity index is 0.00000420. The van der Waals surface area contributed by atoms with E-state index >= 15 is 0 Å². The van der Waals surface area contributed by atoms with E-state index in [0.717, 1.165) is 18.9 Å². The van der Waals surface area contributed by atoms with Gasteiger partial charge in [0.05, 0.1) is 6.04 Å². The second kappa shape index (κ2) is 11.8. The molecule has 0 radical (unpaired) electrons. The number of benzene rings is 1. The zero-order valence-electron chi connectivity index (χ0n) is 17.5. The number of rotatable bonds is 5. The van der Waals surface area contributed by atoms with Gasteiger partial charge in [0.1, 0.15) is 5.60 Å². The van der Waals surface area contributed by atoms with Crippen molar-refractivity contribution in [1.29, 1.82) is 0 Å². The molecule has 1 aliphatic rings. The Labute approximate surface area is 189 Å². The molecule has 1 aromatic carbocycles. The van der Waals surface area contributed by atoms with Gasteiger partial charge in [-0.2, -0.15) is 0 Å². The van der Waals surface area contributed by atoms with Crippen molar-refractivity contribution in [2.75, 3.05) is 33.2 Å².